The molecule has 0 bridgehead atoms. The third-order valence-electron chi connectivity index (χ3n) is 12.2. The maximum Gasteiger partial charge on any atom is 0.160 e. The number of hydrogen-bond donors (Lipinski definition) is 0. The van der Waals surface area contributed by atoms with Gasteiger partial charge in [0.05, 0.1) is 33.6 Å². The van der Waals surface area contributed by atoms with Crippen LogP contribution in [0.3, 0.4) is 0 Å². The summed E-state index contributed by atoms with van der Waals surface area (Å²) in [5.41, 5.74) is 15.6. The van der Waals surface area contributed by atoms with Crippen LogP contribution in [-0.2, 0) is 0 Å². The smallest absolute Gasteiger partial charge is 0.160 e. The summed E-state index contributed by atoms with van der Waals surface area (Å²) in [6.07, 6.45) is 0. The largest absolute Gasteiger partial charge is 0.309 e. The van der Waals surface area contributed by atoms with Crippen molar-refractivity contribution in [1.82, 2.24) is 19.5 Å². The molecule has 4 nitrogen and oxygen atoms in total. The number of aromatic nitrogens is 4. The number of para-hydroxylation sites is 2. The van der Waals surface area contributed by atoms with Crippen LogP contribution in [0.15, 0.2) is 231 Å². The summed E-state index contributed by atoms with van der Waals surface area (Å²) >= 11 is 0. The Balaban J connectivity index is 1.05. The van der Waals surface area contributed by atoms with Gasteiger partial charge < -0.3 is 4.57 Å². The minimum absolute atomic E-state index is 0.697. The van der Waals surface area contributed by atoms with E-state index in [0.29, 0.717) is 5.82 Å². The van der Waals surface area contributed by atoms with E-state index in [4.69, 9.17) is 15.0 Å². The van der Waals surface area contributed by atoms with E-state index in [1.807, 2.05) is 30.3 Å². The minimum atomic E-state index is 0.697. The second-order valence-electron chi connectivity index (χ2n) is 16.0. The van der Waals surface area contributed by atoms with Gasteiger partial charge in [0.25, 0.3) is 0 Å². The zero-order valence-corrected chi connectivity index (χ0v) is 34.2. The van der Waals surface area contributed by atoms with E-state index in [1.165, 1.54) is 21.7 Å². The lowest BCUT2D eigenvalue weighted by Crippen LogP contribution is -2.00. The first-order valence-corrected chi connectivity index (χ1v) is 21.4. The fraction of sp³-hybridized carbons (Fsp3) is 0. The lowest BCUT2D eigenvalue weighted by atomic mass is 9.92. The van der Waals surface area contributed by atoms with Crippen LogP contribution in [0.1, 0.15) is 0 Å². The number of pyridine rings is 1. The molecule has 63 heavy (non-hydrogen) atoms. The van der Waals surface area contributed by atoms with Crippen molar-refractivity contribution >= 4 is 43.5 Å². The average Bonchev–Trinajstić information content (AvgIpc) is 3.69. The van der Waals surface area contributed by atoms with Crippen LogP contribution in [0.25, 0.3) is 117 Å². The molecule has 4 heteroatoms. The van der Waals surface area contributed by atoms with Gasteiger partial charge in [-0.3, -0.25) is 0 Å². The fourth-order valence-electron chi connectivity index (χ4n) is 9.20. The Hall–Kier alpha value is -8.47. The quantitative estimate of drug-likeness (QED) is 0.151. The van der Waals surface area contributed by atoms with Gasteiger partial charge in [0.2, 0.25) is 0 Å². The highest BCUT2D eigenvalue weighted by Crippen LogP contribution is 2.43. The third kappa shape index (κ3) is 6.36. The van der Waals surface area contributed by atoms with E-state index in [-0.39, 0.29) is 0 Å². The molecule has 0 aliphatic rings. The molecule has 9 aromatic carbocycles. The van der Waals surface area contributed by atoms with Crippen molar-refractivity contribution in [1.29, 1.82) is 0 Å². The van der Waals surface area contributed by atoms with Crippen molar-refractivity contribution in [3.05, 3.63) is 231 Å². The molecule has 294 valence electrons. The monoisotopic (exact) mass is 802 g/mol. The molecule has 3 heterocycles. The summed E-state index contributed by atoms with van der Waals surface area (Å²) < 4.78 is 2.38. The molecule has 0 aliphatic heterocycles. The lowest BCUT2D eigenvalue weighted by Gasteiger charge is -2.17. The number of rotatable bonds is 7. The summed E-state index contributed by atoms with van der Waals surface area (Å²) in [5.74, 6) is 0.697. The zero-order valence-electron chi connectivity index (χ0n) is 34.2. The Morgan fingerprint density at radius 2 is 0.778 bits per heavy atom. The first-order valence-electron chi connectivity index (χ1n) is 21.4. The van der Waals surface area contributed by atoms with Gasteiger partial charge in [-0.15, -0.1) is 0 Å². The first-order chi connectivity index (χ1) is 31.2. The fourth-order valence-corrected chi connectivity index (χ4v) is 9.20. The Kier molecular flexibility index (Phi) is 8.79. The van der Waals surface area contributed by atoms with E-state index >= 15 is 0 Å². The highest BCUT2D eigenvalue weighted by molar-refractivity contribution is 6.20. The topological polar surface area (TPSA) is 43.6 Å². The first kappa shape index (κ1) is 36.4. The van der Waals surface area contributed by atoms with Crippen molar-refractivity contribution in [2.24, 2.45) is 0 Å². The summed E-state index contributed by atoms with van der Waals surface area (Å²) in [6.45, 7) is 0. The van der Waals surface area contributed by atoms with Crippen molar-refractivity contribution in [2.75, 3.05) is 0 Å². The minimum Gasteiger partial charge on any atom is -0.309 e. The highest BCUT2D eigenvalue weighted by Gasteiger charge is 2.21. The third-order valence-corrected chi connectivity index (χ3v) is 12.2. The normalized spacial score (nSPS) is 11.5. The molecule has 0 fully saturated rings. The van der Waals surface area contributed by atoms with Crippen molar-refractivity contribution in [3.63, 3.8) is 0 Å². The lowest BCUT2D eigenvalue weighted by molar-refractivity contribution is 1.18. The Bertz CT molecular complexity index is 3560. The molecule has 0 aliphatic carbocycles. The van der Waals surface area contributed by atoms with Gasteiger partial charge in [-0.05, 0) is 64.5 Å². The summed E-state index contributed by atoms with van der Waals surface area (Å²) in [6, 6.07) is 81.4. The molecule has 0 saturated heterocycles. The molecule has 3 aromatic heterocycles. The second-order valence-corrected chi connectivity index (χ2v) is 16.0. The molecule has 0 spiro atoms. The van der Waals surface area contributed by atoms with E-state index in [0.717, 1.165) is 89.1 Å². The molecule has 0 amide bonds. The molecule has 0 radical (unpaired) electrons. The average molecular weight is 803 g/mol. The van der Waals surface area contributed by atoms with E-state index in [1.54, 1.807) is 0 Å². The molecule has 0 N–H and O–H groups in total. The number of nitrogens with zero attached hydrogens (tertiary/aromatic N) is 4. The van der Waals surface area contributed by atoms with Crippen LogP contribution < -0.4 is 0 Å². The highest BCUT2D eigenvalue weighted by atomic mass is 15.0. The summed E-state index contributed by atoms with van der Waals surface area (Å²) in [7, 11) is 0. The van der Waals surface area contributed by atoms with Crippen molar-refractivity contribution in [2.45, 2.75) is 0 Å². The Morgan fingerprint density at radius 3 is 1.40 bits per heavy atom. The molecular weight excluding hydrogens is 765 g/mol. The van der Waals surface area contributed by atoms with Crippen molar-refractivity contribution in [3.8, 4) is 73.1 Å². The van der Waals surface area contributed by atoms with Gasteiger partial charge in [-0.25, -0.2) is 15.0 Å². The van der Waals surface area contributed by atoms with Gasteiger partial charge in [-0.1, -0.05) is 188 Å². The molecular formula is C59H38N4. The maximum absolute atomic E-state index is 5.41. The van der Waals surface area contributed by atoms with Gasteiger partial charge in [0.1, 0.15) is 0 Å². The molecule has 12 aromatic rings. The predicted octanol–water partition coefficient (Wildman–Crippen LogP) is 15.3. The van der Waals surface area contributed by atoms with Crippen LogP contribution in [0, 0.1) is 0 Å². The SMILES string of the molecule is c1ccc(-c2nc(-c3ccccc3)c(-c3ccc(-c4ccc5nc(-c6ccccc6)c6cc7c(cc6c5c4)c4ccccc4n7-c4ccccc4)cc3)c(-c3ccccc3)n2)cc1. The van der Waals surface area contributed by atoms with E-state index < -0.39 is 0 Å². The van der Waals surface area contributed by atoms with Crippen LogP contribution in [0.4, 0.5) is 0 Å². The standard InChI is InChI=1S/C59H38N4/c1-6-18-41(19-7-1)56-51-38-54-50(47-28-16-17-29-53(47)63(54)46-26-14-5-15-27-46)37-48(51)49-36-45(34-35-52(49)60-56)39-30-32-40(33-31-39)55-57(42-20-8-2-9-21-42)61-59(44-24-12-4-13-25-44)62-58(55)43-22-10-3-11-23-43/h1-38H. The van der Waals surface area contributed by atoms with Gasteiger partial charge in [-0.2, -0.15) is 0 Å². The number of benzene rings is 9. The van der Waals surface area contributed by atoms with Crippen LogP contribution in [-0.4, -0.2) is 19.5 Å². The Labute approximate surface area is 365 Å². The molecule has 12 rings (SSSR count). The molecule has 0 saturated carbocycles. The van der Waals surface area contributed by atoms with Crippen LogP contribution in [0.5, 0.6) is 0 Å². The van der Waals surface area contributed by atoms with Gasteiger partial charge in [0, 0.05) is 55.0 Å². The predicted molar refractivity (Wildman–Crippen MR) is 262 cm³/mol. The molecule has 0 unspecified atom stereocenters. The second kappa shape index (κ2) is 15.2. The summed E-state index contributed by atoms with van der Waals surface area (Å²) in [5, 5.41) is 5.85. The number of fused-ring (bicyclic) bond motifs is 6. The number of hydrogen-bond acceptors (Lipinski definition) is 3. The van der Waals surface area contributed by atoms with E-state index in [9.17, 15) is 0 Å². The van der Waals surface area contributed by atoms with E-state index in [2.05, 4.69) is 205 Å². The van der Waals surface area contributed by atoms with Crippen LogP contribution in [0.2, 0.25) is 0 Å². The van der Waals surface area contributed by atoms with Crippen molar-refractivity contribution < 1.29 is 0 Å². The maximum atomic E-state index is 5.41. The van der Waals surface area contributed by atoms with Crippen LogP contribution >= 0.6 is 0 Å². The van der Waals surface area contributed by atoms with Gasteiger partial charge in [0.15, 0.2) is 5.82 Å². The Morgan fingerprint density at radius 1 is 0.270 bits per heavy atom. The zero-order chi connectivity index (χ0) is 41.7. The molecule has 0 atom stereocenters. The van der Waals surface area contributed by atoms with Gasteiger partial charge >= 0.3 is 0 Å². The summed E-state index contributed by atoms with van der Waals surface area (Å²) in [4.78, 5) is 16.0.